The Labute approximate surface area is 152 Å². The Morgan fingerprint density at radius 3 is 2.79 bits per heavy atom. The number of thiazole rings is 1. The Bertz CT molecular complexity index is 911. The van der Waals surface area contributed by atoms with E-state index in [2.05, 4.69) is 4.98 Å². The quantitative estimate of drug-likeness (QED) is 0.662. The minimum atomic E-state index is -0.0821. The Morgan fingerprint density at radius 1 is 1.25 bits per heavy atom. The zero-order chi connectivity index (χ0) is 16.7. The molecule has 0 spiro atoms. The fourth-order valence-electron chi connectivity index (χ4n) is 2.68. The molecule has 4 rings (SSSR count). The first kappa shape index (κ1) is 15.7. The van der Waals surface area contributed by atoms with Crippen LogP contribution in [0.25, 0.3) is 10.2 Å². The van der Waals surface area contributed by atoms with Gasteiger partial charge < -0.3 is 4.74 Å². The van der Waals surface area contributed by atoms with Crippen molar-refractivity contribution in [3.05, 3.63) is 53.1 Å². The van der Waals surface area contributed by atoms with Gasteiger partial charge in [0, 0.05) is 5.02 Å². The van der Waals surface area contributed by atoms with Crippen LogP contribution in [0.3, 0.4) is 0 Å². The lowest BCUT2D eigenvalue weighted by atomic mass is 10.2. The van der Waals surface area contributed by atoms with Crippen molar-refractivity contribution >= 4 is 56.0 Å². The van der Waals surface area contributed by atoms with Crippen LogP contribution in [0.5, 0.6) is 5.75 Å². The van der Waals surface area contributed by atoms with Crippen LogP contribution in [0.15, 0.2) is 42.5 Å². The molecule has 0 aliphatic carbocycles. The van der Waals surface area contributed by atoms with Crippen molar-refractivity contribution in [2.24, 2.45) is 0 Å². The summed E-state index contributed by atoms with van der Waals surface area (Å²) in [5.41, 5.74) is 1.83. The lowest BCUT2D eigenvalue weighted by Gasteiger charge is -2.21. The molecule has 0 N–H and O–H groups in total. The lowest BCUT2D eigenvalue weighted by Crippen LogP contribution is -2.27. The summed E-state index contributed by atoms with van der Waals surface area (Å²) in [5.74, 6) is 1.23. The Morgan fingerprint density at radius 2 is 2.04 bits per heavy atom. The van der Waals surface area contributed by atoms with Crippen LogP contribution >= 0.6 is 34.7 Å². The van der Waals surface area contributed by atoms with Crippen molar-refractivity contribution in [3.63, 3.8) is 0 Å². The Hall–Kier alpha value is -1.76. The number of carbonyl (C=O) groups is 1. The Balaban J connectivity index is 1.78. The van der Waals surface area contributed by atoms with Crippen molar-refractivity contribution in [1.82, 2.24) is 4.98 Å². The summed E-state index contributed by atoms with van der Waals surface area (Å²) in [7, 11) is 1.63. The molecule has 3 aromatic rings. The van der Waals surface area contributed by atoms with E-state index in [1.807, 2.05) is 42.5 Å². The van der Waals surface area contributed by atoms with Crippen LogP contribution in [0.4, 0.5) is 5.13 Å². The molecule has 1 fully saturated rings. The smallest absolute Gasteiger partial charge is 0.240 e. The van der Waals surface area contributed by atoms with Crippen molar-refractivity contribution in [2.75, 3.05) is 17.8 Å². The number of carbonyl (C=O) groups excluding carboxylic acids is 1. The van der Waals surface area contributed by atoms with E-state index in [0.717, 1.165) is 21.5 Å². The molecule has 2 heterocycles. The summed E-state index contributed by atoms with van der Waals surface area (Å²) in [6, 6.07) is 13.4. The van der Waals surface area contributed by atoms with E-state index in [1.165, 1.54) is 11.3 Å². The van der Waals surface area contributed by atoms with E-state index < -0.39 is 0 Å². The number of hydrogen-bond acceptors (Lipinski definition) is 5. The van der Waals surface area contributed by atoms with Gasteiger partial charge in [-0.3, -0.25) is 9.69 Å². The second-order valence-electron chi connectivity index (χ2n) is 5.28. The third-order valence-corrected chi connectivity index (χ3v) is 6.30. The number of hydrogen-bond donors (Lipinski definition) is 0. The molecular weight excluding hydrogens is 364 g/mol. The van der Waals surface area contributed by atoms with E-state index in [1.54, 1.807) is 23.8 Å². The van der Waals surface area contributed by atoms with Gasteiger partial charge in [-0.2, -0.15) is 0 Å². The lowest BCUT2D eigenvalue weighted by molar-refractivity contribution is -0.115. The van der Waals surface area contributed by atoms with Gasteiger partial charge in [0.05, 0.1) is 17.6 Å². The van der Waals surface area contributed by atoms with Gasteiger partial charge in [0.1, 0.15) is 16.6 Å². The minimum absolute atomic E-state index is 0.0676. The van der Waals surface area contributed by atoms with Crippen molar-refractivity contribution in [1.29, 1.82) is 0 Å². The van der Waals surface area contributed by atoms with Crippen LogP contribution in [-0.4, -0.2) is 23.8 Å². The van der Waals surface area contributed by atoms with Gasteiger partial charge in [0.25, 0.3) is 0 Å². The van der Waals surface area contributed by atoms with E-state index in [9.17, 15) is 4.79 Å². The van der Waals surface area contributed by atoms with Gasteiger partial charge in [-0.1, -0.05) is 41.1 Å². The first-order valence-corrected chi connectivity index (χ1v) is 9.54. The average molecular weight is 377 g/mol. The molecule has 2 aromatic carbocycles. The molecule has 4 nitrogen and oxygen atoms in total. The maximum Gasteiger partial charge on any atom is 0.240 e. The first-order valence-electron chi connectivity index (χ1n) is 7.30. The number of thioether (sulfide) groups is 1. The number of benzene rings is 2. The maximum absolute atomic E-state index is 12.5. The number of aromatic nitrogens is 1. The standard InChI is InChI=1S/C17H13ClN2O2S2/c1-22-12-3-2-4-13-15(12)19-17(24-13)20-14(21)9-23-16(20)10-5-7-11(18)8-6-10/h2-8,16H,9H2,1H3. The number of fused-ring (bicyclic) bond motifs is 1. The molecule has 1 saturated heterocycles. The van der Waals surface area contributed by atoms with Crippen LogP contribution < -0.4 is 9.64 Å². The molecule has 1 aromatic heterocycles. The summed E-state index contributed by atoms with van der Waals surface area (Å²) >= 11 is 9.08. The molecule has 1 unspecified atom stereocenters. The molecule has 0 saturated carbocycles. The maximum atomic E-state index is 12.5. The summed E-state index contributed by atoms with van der Waals surface area (Å²) in [6.45, 7) is 0. The number of amides is 1. The highest BCUT2D eigenvalue weighted by atomic mass is 35.5. The molecule has 1 aliphatic heterocycles. The van der Waals surface area contributed by atoms with E-state index >= 15 is 0 Å². The Kier molecular flexibility index (Phi) is 4.12. The van der Waals surface area contributed by atoms with Gasteiger partial charge in [-0.15, -0.1) is 11.8 Å². The largest absolute Gasteiger partial charge is 0.494 e. The highest BCUT2D eigenvalue weighted by molar-refractivity contribution is 8.00. The second-order valence-corrected chi connectivity index (χ2v) is 7.80. The summed E-state index contributed by atoms with van der Waals surface area (Å²) in [5, 5.41) is 1.30. The topological polar surface area (TPSA) is 42.4 Å². The average Bonchev–Trinajstić information content (AvgIpc) is 3.18. The first-order chi connectivity index (χ1) is 11.7. The zero-order valence-corrected chi connectivity index (χ0v) is 15.1. The predicted molar refractivity (Wildman–Crippen MR) is 100 cm³/mol. The summed E-state index contributed by atoms with van der Waals surface area (Å²) in [6.07, 6.45) is 0. The molecular formula is C17H13ClN2O2S2. The van der Waals surface area contributed by atoms with Gasteiger partial charge in [0.15, 0.2) is 5.13 Å². The fraction of sp³-hybridized carbons (Fsp3) is 0.176. The van der Waals surface area contributed by atoms with Crippen LogP contribution in [0.1, 0.15) is 10.9 Å². The monoisotopic (exact) mass is 376 g/mol. The molecule has 0 radical (unpaired) electrons. The summed E-state index contributed by atoms with van der Waals surface area (Å²) in [4.78, 5) is 18.9. The van der Waals surface area contributed by atoms with Crippen LogP contribution in [0, 0.1) is 0 Å². The number of rotatable bonds is 3. The number of halogens is 1. The SMILES string of the molecule is COc1cccc2sc(N3C(=O)CSC3c3ccc(Cl)cc3)nc12. The van der Waals surface area contributed by atoms with Crippen molar-refractivity contribution in [3.8, 4) is 5.75 Å². The second kappa shape index (κ2) is 6.27. The van der Waals surface area contributed by atoms with Gasteiger partial charge in [0.2, 0.25) is 5.91 Å². The fourth-order valence-corrected chi connectivity index (χ4v) is 5.06. The highest BCUT2D eigenvalue weighted by Gasteiger charge is 2.36. The molecule has 122 valence electrons. The van der Waals surface area contributed by atoms with E-state index in [4.69, 9.17) is 16.3 Å². The third-order valence-electron chi connectivity index (χ3n) is 3.82. The number of methoxy groups -OCH3 is 1. The minimum Gasteiger partial charge on any atom is -0.494 e. The van der Waals surface area contributed by atoms with Crippen molar-refractivity contribution < 1.29 is 9.53 Å². The number of para-hydroxylation sites is 1. The normalized spacial score (nSPS) is 17.7. The zero-order valence-electron chi connectivity index (χ0n) is 12.7. The van der Waals surface area contributed by atoms with Crippen LogP contribution in [0.2, 0.25) is 5.02 Å². The van der Waals surface area contributed by atoms with Gasteiger partial charge >= 0.3 is 0 Å². The number of anilines is 1. The molecule has 1 amide bonds. The third kappa shape index (κ3) is 2.64. The van der Waals surface area contributed by atoms with E-state index in [-0.39, 0.29) is 11.3 Å². The molecule has 1 atom stereocenters. The molecule has 1 aliphatic rings. The molecule has 0 bridgehead atoms. The number of ether oxygens (including phenoxy) is 1. The van der Waals surface area contributed by atoms with E-state index in [0.29, 0.717) is 15.9 Å². The van der Waals surface area contributed by atoms with Gasteiger partial charge in [-0.25, -0.2) is 4.98 Å². The van der Waals surface area contributed by atoms with Crippen LogP contribution in [-0.2, 0) is 4.79 Å². The summed E-state index contributed by atoms with van der Waals surface area (Å²) < 4.78 is 6.38. The highest BCUT2D eigenvalue weighted by Crippen LogP contribution is 2.45. The predicted octanol–water partition coefficient (Wildman–Crippen LogP) is 4.74. The van der Waals surface area contributed by atoms with Gasteiger partial charge in [-0.05, 0) is 29.8 Å². The molecule has 24 heavy (non-hydrogen) atoms. The van der Waals surface area contributed by atoms with Crippen molar-refractivity contribution in [2.45, 2.75) is 5.37 Å². The number of nitrogens with zero attached hydrogens (tertiary/aromatic N) is 2. The molecule has 7 heteroatoms.